The minimum absolute atomic E-state index is 0.215. The van der Waals surface area contributed by atoms with Crippen LogP contribution in [0.4, 0.5) is 0 Å². The Balaban J connectivity index is 2.36. The van der Waals surface area contributed by atoms with E-state index in [4.69, 9.17) is 0 Å². The fourth-order valence-electron chi connectivity index (χ4n) is 2.12. The summed E-state index contributed by atoms with van der Waals surface area (Å²) in [6.07, 6.45) is 6.67. The number of carbonyl (C=O) groups excluding carboxylic acids is 1. The van der Waals surface area contributed by atoms with Crippen LogP contribution in [-0.4, -0.2) is 38.2 Å². The van der Waals surface area contributed by atoms with Gasteiger partial charge in [-0.15, -0.1) is 0 Å². The first-order valence-electron chi connectivity index (χ1n) is 6.88. The summed E-state index contributed by atoms with van der Waals surface area (Å²) in [7, 11) is 1.40. The van der Waals surface area contributed by atoms with Gasteiger partial charge in [0.15, 0.2) is 5.96 Å². The van der Waals surface area contributed by atoms with Gasteiger partial charge < -0.3 is 15.4 Å². The van der Waals surface area contributed by atoms with Crippen molar-refractivity contribution in [2.24, 2.45) is 4.99 Å². The highest BCUT2D eigenvalue weighted by Gasteiger charge is 2.14. The van der Waals surface area contributed by atoms with Gasteiger partial charge in [0, 0.05) is 12.6 Å². The monoisotopic (exact) mass is 255 g/mol. The molecule has 104 valence electrons. The summed E-state index contributed by atoms with van der Waals surface area (Å²) in [5.41, 5.74) is 0. The van der Waals surface area contributed by atoms with E-state index in [1.54, 1.807) is 0 Å². The van der Waals surface area contributed by atoms with Crippen molar-refractivity contribution in [2.45, 2.75) is 51.5 Å². The van der Waals surface area contributed by atoms with Crippen molar-refractivity contribution in [3.05, 3.63) is 0 Å². The van der Waals surface area contributed by atoms with Crippen molar-refractivity contribution in [3.63, 3.8) is 0 Å². The first-order chi connectivity index (χ1) is 8.76. The molecule has 1 fully saturated rings. The second kappa shape index (κ2) is 8.78. The molecule has 0 bridgehead atoms. The van der Waals surface area contributed by atoms with Gasteiger partial charge in [0.05, 0.1) is 20.1 Å². The highest BCUT2D eigenvalue weighted by atomic mass is 16.5. The molecule has 0 aliphatic heterocycles. The van der Waals surface area contributed by atoms with E-state index < -0.39 is 0 Å². The maximum absolute atomic E-state index is 11.0. The number of aliphatic imine (C=N–C) groups is 1. The zero-order chi connectivity index (χ0) is 13.2. The Bertz CT molecular complexity index is 273. The van der Waals surface area contributed by atoms with E-state index in [-0.39, 0.29) is 5.97 Å². The molecule has 0 saturated heterocycles. The van der Waals surface area contributed by atoms with Gasteiger partial charge in [0.2, 0.25) is 0 Å². The van der Waals surface area contributed by atoms with Gasteiger partial charge in [-0.1, -0.05) is 19.3 Å². The van der Waals surface area contributed by atoms with Crippen LogP contribution >= 0.6 is 0 Å². The lowest BCUT2D eigenvalue weighted by atomic mass is 9.96. The van der Waals surface area contributed by atoms with E-state index in [1.807, 2.05) is 6.92 Å². The number of nitrogens with one attached hydrogen (secondary N) is 2. The number of guanidine groups is 1. The van der Waals surface area contributed by atoms with Crippen molar-refractivity contribution in [2.75, 3.05) is 20.2 Å². The molecule has 1 saturated carbocycles. The molecule has 0 radical (unpaired) electrons. The number of ether oxygens (including phenoxy) is 1. The third-order valence-electron chi connectivity index (χ3n) is 3.10. The number of carbonyl (C=O) groups is 1. The van der Waals surface area contributed by atoms with Crippen LogP contribution in [0.15, 0.2) is 4.99 Å². The molecule has 5 heteroatoms. The highest BCUT2D eigenvalue weighted by Crippen LogP contribution is 2.17. The zero-order valence-electron chi connectivity index (χ0n) is 11.5. The van der Waals surface area contributed by atoms with Crippen molar-refractivity contribution in [3.8, 4) is 0 Å². The first kappa shape index (κ1) is 14.8. The minimum Gasteiger partial charge on any atom is -0.469 e. The Kier molecular flexibility index (Phi) is 7.22. The molecule has 0 aromatic carbocycles. The molecule has 1 aliphatic carbocycles. The van der Waals surface area contributed by atoms with Crippen molar-refractivity contribution < 1.29 is 9.53 Å². The van der Waals surface area contributed by atoms with E-state index in [0.717, 1.165) is 12.5 Å². The average Bonchev–Trinajstić information content (AvgIpc) is 2.40. The Hall–Kier alpha value is -1.26. The molecular weight excluding hydrogens is 230 g/mol. The van der Waals surface area contributed by atoms with Gasteiger partial charge in [0.25, 0.3) is 0 Å². The molecule has 0 spiro atoms. The Labute approximate surface area is 109 Å². The lowest BCUT2D eigenvalue weighted by molar-refractivity contribution is -0.140. The van der Waals surface area contributed by atoms with Crippen LogP contribution in [-0.2, 0) is 9.53 Å². The molecule has 1 rings (SSSR count). The summed E-state index contributed by atoms with van der Waals surface area (Å²) in [4.78, 5) is 15.4. The van der Waals surface area contributed by atoms with Crippen LogP contribution in [0.25, 0.3) is 0 Å². The van der Waals surface area contributed by atoms with Gasteiger partial charge in [-0.05, 0) is 19.8 Å². The normalized spacial score (nSPS) is 17.3. The standard InChI is InChI=1S/C13H25N3O2/c1-3-14-13(15-10-9-12(17)18-2)16-11-7-5-4-6-8-11/h11H,3-10H2,1-2H3,(H2,14,15,16). The Morgan fingerprint density at radius 1 is 1.33 bits per heavy atom. The number of hydrogen-bond donors (Lipinski definition) is 2. The van der Waals surface area contributed by atoms with E-state index in [0.29, 0.717) is 19.0 Å². The third-order valence-corrected chi connectivity index (χ3v) is 3.10. The Morgan fingerprint density at radius 3 is 2.67 bits per heavy atom. The van der Waals surface area contributed by atoms with Gasteiger partial charge in [-0.3, -0.25) is 9.79 Å². The predicted molar refractivity (Wildman–Crippen MR) is 72.6 cm³/mol. The van der Waals surface area contributed by atoms with E-state index in [2.05, 4.69) is 20.4 Å². The quantitative estimate of drug-likeness (QED) is 0.443. The summed E-state index contributed by atoms with van der Waals surface area (Å²) in [6.45, 7) is 3.34. The van der Waals surface area contributed by atoms with Crippen LogP contribution in [0.3, 0.4) is 0 Å². The number of methoxy groups -OCH3 is 1. The summed E-state index contributed by atoms with van der Waals surface area (Å²) in [6, 6.07) is 0.523. The molecule has 0 aromatic heterocycles. The smallest absolute Gasteiger partial charge is 0.307 e. The molecule has 5 nitrogen and oxygen atoms in total. The summed E-state index contributed by atoms with van der Waals surface area (Å²) >= 11 is 0. The highest BCUT2D eigenvalue weighted by molar-refractivity contribution is 5.80. The summed E-state index contributed by atoms with van der Waals surface area (Å²) in [5.74, 6) is 0.598. The van der Waals surface area contributed by atoms with Crippen LogP contribution < -0.4 is 10.6 Å². The van der Waals surface area contributed by atoms with Crippen molar-refractivity contribution in [1.29, 1.82) is 0 Å². The molecule has 0 heterocycles. The third kappa shape index (κ3) is 5.89. The zero-order valence-corrected chi connectivity index (χ0v) is 11.5. The van der Waals surface area contributed by atoms with Gasteiger partial charge >= 0.3 is 5.97 Å². The molecule has 1 aliphatic rings. The molecule has 0 atom stereocenters. The maximum Gasteiger partial charge on any atom is 0.307 e. The molecule has 18 heavy (non-hydrogen) atoms. The van der Waals surface area contributed by atoms with Gasteiger partial charge in [-0.2, -0.15) is 0 Å². The van der Waals surface area contributed by atoms with E-state index >= 15 is 0 Å². The second-order valence-electron chi connectivity index (χ2n) is 4.57. The average molecular weight is 255 g/mol. The fraction of sp³-hybridized carbons (Fsp3) is 0.846. The summed E-state index contributed by atoms with van der Waals surface area (Å²) < 4.78 is 4.59. The fourth-order valence-corrected chi connectivity index (χ4v) is 2.12. The maximum atomic E-state index is 11.0. The van der Waals surface area contributed by atoms with E-state index in [9.17, 15) is 4.79 Å². The number of nitrogens with zero attached hydrogens (tertiary/aromatic N) is 1. The molecule has 0 aromatic rings. The number of rotatable bonds is 5. The molecule has 2 N–H and O–H groups in total. The van der Waals surface area contributed by atoms with Crippen LogP contribution in [0.1, 0.15) is 45.4 Å². The molecule has 0 amide bonds. The predicted octanol–water partition coefficient (Wildman–Crippen LogP) is 1.44. The van der Waals surface area contributed by atoms with Crippen molar-refractivity contribution in [1.82, 2.24) is 10.6 Å². The number of hydrogen-bond acceptors (Lipinski definition) is 3. The van der Waals surface area contributed by atoms with E-state index in [1.165, 1.54) is 39.2 Å². The SMILES string of the molecule is CCNC(=NCCC(=O)OC)NC1CCCCC1. The lowest BCUT2D eigenvalue weighted by Gasteiger charge is -2.24. The van der Waals surface area contributed by atoms with Crippen LogP contribution in [0, 0.1) is 0 Å². The topological polar surface area (TPSA) is 62.7 Å². The van der Waals surface area contributed by atoms with Crippen LogP contribution in [0.5, 0.6) is 0 Å². The lowest BCUT2D eigenvalue weighted by Crippen LogP contribution is -2.44. The molecule has 0 unspecified atom stereocenters. The number of esters is 1. The van der Waals surface area contributed by atoms with Gasteiger partial charge in [-0.25, -0.2) is 0 Å². The largest absolute Gasteiger partial charge is 0.469 e. The summed E-state index contributed by atoms with van der Waals surface area (Å²) in [5, 5.41) is 6.64. The van der Waals surface area contributed by atoms with Crippen LogP contribution in [0.2, 0.25) is 0 Å². The van der Waals surface area contributed by atoms with Gasteiger partial charge in [0.1, 0.15) is 0 Å². The second-order valence-corrected chi connectivity index (χ2v) is 4.57. The van der Waals surface area contributed by atoms with Crippen molar-refractivity contribution >= 4 is 11.9 Å². The Morgan fingerprint density at radius 2 is 2.06 bits per heavy atom. The minimum atomic E-state index is -0.215. The molecular formula is C13H25N3O2. The first-order valence-corrected chi connectivity index (χ1v) is 6.88.